The molecule has 128 valence electrons. The fraction of sp³-hybridized carbons (Fsp3) is 0.227. The Morgan fingerprint density at radius 1 is 0.880 bits per heavy atom. The predicted octanol–water partition coefficient (Wildman–Crippen LogP) is 4.13. The number of rotatable bonds is 7. The van der Waals surface area contributed by atoms with E-state index in [4.69, 9.17) is 0 Å². The van der Waals surface area contributed by atoms with E-state index in [1.807, 2.05) is 31.2 Å². The molecular weight excluding hydrogens is 308 g/mol. The Bertz CT molecular complexity index is 733. The molecule has 3 nitrogen and oxygen atoms in total. The minimum atomic E-state index is -0.533. The summed E-state index contributed by atoms with van der Waals surface area (Å²) in [7, 11) is 0. The van der Waals surface area contributed by atoms with Gasteiger partial charge in [-0.25, -0.2) is 0 Å². The van der Waals surface area contributed by atoms with Gasteiger partial charge < -0.3 is 5.11 Å². The van der Waals surface area contributed by atoms with Crippen LogP contribution in [0.3, 0.4) is 0 Å². The smallest absolute Gasteiger partial charge is 0.0918 e. The van der Waals surface area contributed by atoms with Crippen molar-refractivity contribution in [2.75, 3.05) is 6.54 Å². The van der Waals surface area contributed by atoms with Crippen molar-refractivity contribution in [1.29, 1.82) is 0 Å². The van der Waals surface area contributed by atoms with Crippen LogP contribution in [0.5, 0.6) is 0 Å². The van der Waals surface area contributed by atoms with Crippen molar-refractivity contribution < 1.29 is 5.11 Å². The molecule has 2 aromatic carbocycles. The average Bonchev–Trinajstić information content (AvgIpc) is 2.63. The van der Waals surface area contributed by atoms with Gasteiger partial charge in [0.15, 0.2) is 0 Å². The number of aliphatic hydroxyl groups is 1. The third kappa shape index (κ3) is 5.24. The van der Waals surface area contributed by atoms with E-state index in [1.54, 1.807) is 6.20 Å². The normalized spacial score (nSPS) is 12.3. The number of aryl methyl sites for hydroxylation is 1. The number of hydrogen-bond donors (Lipinski definition) is 1. The maximum absolute atomic E-state index is 10.7. The van der Waals surface area contributed by atoms with E-state index in [0.29, 0.717) is 6.54 Å². The molecule has 0 radical (unpaired) electrons. The molecular formula is C22H24N2O. The third-order valence-corrected chi connectivity index (χ3v) is 4.23. The average molecular weight is 332 g/mol. The maximum Gasteiger partial charge on any atom is 0.0918 e. The fourth-order valence-corrected chi connectivity index (χ4v) is 2.99. The first-order valence-corrected chi connectivity index (χ1v) is 8.61. The highest BCUT2D eigenvalue weighted by Crippen LogP contribution is 2.18. The monoisotopic (exact) mass is 332 g/mol. The lowest BCUT2D eigenvalue weighted by molar-refractivity contribution is 0.105. The number of hydrogen-bond acceptors (Lipinski definition) is 3. The van der Waals surface area contributed by atoms with Gasteiger partial charge in [-0.15, -0.1) is 0 Å². The van der Waals surface area contributed by atoms with E-state index in [9.17, 15) is 5.11 Å². The Morgan fingerprint density at radius 2 is 1.44 bits per heavy atom. The molecule has 1 unspecified atom stereocenters. The molecule has 0 aliphatic rings. The van der Waals surface area contributed by atoms with Gasteiger partial charge in [0, 0.05) is 31.5 Å². The summed E-state index contributed by atoms with van der Waals surface area (Å²) in [5, 5.41) is 10.7. The number of pyridine rings is 1. The van der Waals surface area contributed by atoms with Crippen LogP contribution in [0.25, 0.3) is 0 Å². The van der Waals surface area contributed by atoms with Gasteiger partial charge in [0.1, 0.15) is 0 Å². The highest BCUT2D eigenvalue weighted by atomic mass is 16.3. The summed E-state index contributed by atoms with van der Waals surface area (Å²) in [4.78, 5) is 6.49. The van der Waals surface area contributed by atoms with Crippen LogP contribution in [-0.4, -0.2) is 21.5 Å². The van der Waals surface area contributed by atoms with Crippen LogP contribution in [0.1, 0.15) is 28.5 Å². The molecule has 0 saturated carbocycles. The highest BCUT2D eigenvalue weighted by Gasteiger charge is 2.15. The molecule has 3 heteroatoms. The molecule has 0 aliphatic carbocycles. The second-order valence-corrected chi connectivity index (χ2v) is 6.39. The Labute approximate surface area is 149 Å². The van der Waals surface area contributed by atoms with Crippen LogP contribution in [0, 0.1) is 6.92 Å². The van der Waals surface area contributed by atoms with Gasteiger partial charge in [-0.2, -0.15) is 0 Å². The van der Waals surface area contributed by atoms with Crippen molar-refractivity contribution in [2.45, 2.75) is 26.1 Å². The van der Waals surface area contributed by atoms with Gasteiger partial charge in [-0.1, -0.05) is 60.7 Å². The van der Waals surface area contributed by atoms with Crippen molar-refractivity contribution in [3.8, 4) is 0 Å². The summed E-state index contributed by atoms with van der Waals surface area (Å²) in [5.41, 5.74) is 4.33. The lowest BCUT2D eigenvalue weighted by atomic mass is 10.1. The van der Waals surface area contributed by atoms with Gasteiger partial charge in [0.25, 0.3) is 0 Å². The number of aliphatic hydroxyl groups excluding tert-OH is 1. The van der Waals surface area contributed by atoms with E-state index in [2.05, 4.69) is 58.4 Å². The Kier molecular flexibility index (Phi) is 5.94. The quantitative estimate of drug-likeness (QED) is 0.707. The zero-order valence-electron chi connectivity index (χ0n) is 14.5. The van der Waals surface area contributed by atoms with Crippen molar-refractivity contribution in [3.63, 3.8) is 0 Å². The molecule has 0 amide bonds. The van der Waals surface area contributed by atoms with Gasteiger partial charge in [0.2, 0.25) is 0 Å². The molecule has 1 atom stereocenters. The standard InChI is InChI=1S/C22H24N2O/c1-18-14-21(12-13-23-18)22(25)17-24(15-19-8-4-2-5-9-19)16-20-10-6-3-7-11-20/h2-14,22,25H,15-17H2,1H3. The topological polar surface area (TPSA) is 36.4 Å². The molecule has 3 rings (SSSR count). The van der Waals surface area contributed by atoms with Gasteiger partial charge >= 0.3 is 0 Å². The lowest BCUT2D eigenvalue weighted by Gasteiger charge is -2.25. The number of benzene rings is 2. The molecule has 0 fully saturated rings. The van der Waals surface area contributed by atoms with Gasteiger partial charge in [-0.05, 0) is 35.7 Å². The van der Waals surface area contributed by atoms with E-state index in [-0.39, 0.29) is 0 Å². The molecule has 1 aromatic heterocycles. The summed E-state index contributed by atoms with van der Waals surface area (Å²) >= 11 is 0. The zero-order chi connectivity index (χ0) is 17.5. The molecule has 1 N–H and O–H groups in total. The molecule has 0 spiro atoms. The van der Waals surface area contributed by atoms with Gasteiger partial charge in [0.05, 0.1) is 6.10 Å². The molecule has 25 heavy (non-hydrogen) atoms. The minimum absolute atomic E-state index is 0.533. The second-order valence-electron chi connectivity index (χ2n) is 6.39. The van der Waals surface area contributed by atoms with Crippen molar-refractivity contribution in [3.05, 3.63) is 101 Å². The van der Waals surface area contributed by atoms with E-state index < -0.39 is 6.10 Å². The summed E-state index contributed by atoms with van der Waals surface area (Å²) in [6, 6.07) is 24.6. The van der Waals surface area contributed by atoms with Crippen LogP contribution in [-0.2, 0) is 13.1 Å². The number of nitrogens with zero attached hydrogens (tertiary/aromatic N) is 2. The van der Waals surface area contributed by atoms with Crippen LogP contribution in [0.15, 0.2) is 79.0 Å². The van der Waals surface area contributed by atoms with E-state index >= 15 is 0 Å². The van der Waals surface area contributed by atoms with Crippen molar-refractivity contribution >= 4 is 0 Å². The van der Waals surface area contributed by atoms with Crippen LogP contribution in [0.2, 0.25) is 0 Å². The summed E-state index contributed by atoms with van der Waals surface area (Å²) < 4.78 is 0. The summed E-state index contributed by atoms with van der Waals surface area (Å²) in [6.07, 6.45) is 1.22. The SMILES string of the molecule is Cc1cc(C(O)CN(Cc2ccccc2)Cc2ccccc2)ccn1. The molecule has 0 aliphatic heterocycles. The molecule has 0 saturated heterocycles. The van der Waals surface area contributed by atoms with Crippen LogP contribution < -0.4 is 0 Å². The lowest BCUT2D eigenvalue weighted by Crippen LogP contribution is -2.28. The van der Waals surface area contributed by atoms with Gasteiger partial charge in [-0.3, -0.25) is 9.88 Å². The second kappa shape index (κ2) is 8.56. The fourth-order valence-electron chi connectivity index (χ4n) is 2.99. The first-order valence-electron chi connectivity index (χ1n) is 8.61. The summed E-state index contributed by atoms with van der Waals surface area (Å²) in [6.45, 7) is 4.13. The molecule has 3 aromatic rings. The highest BCUT2D eigenvalue weighted by molar-refractivity contribution is 5.20. The molecule has 1 heterocycles. The first-order chi connectivity index (χ1) is 12.2. The minimum Gasteiger partial charge on any atom is -0.387 e. The van der Waals surface area contributed by atoms with E-state index in [1.165, 1.54) is 11.1 Å². The Hall–Kier alpha value is -2.49. The largest absolute Gasteiger partial charge is 0.387 e. The van der Waals surface area contributed by atoms with Crippen molar-refractivity contribution in [2.24, 2.45) is 0 Å². The van der Waals surface area contributed by atoms with Crippen LogP contribution >= 0.6 is 0 Å². The third-order valence-electron chi connectivity index (χ3n) is 4.23. The van der Waals surface area contributed by atoms with Crippen LogP contribution in [0.4, 0.5) is 0 Å². The summed E-state index contributed by atoms with van der Waals surface area (Å²) in [5.74, 6) is 0. The van der Waals surface area contributed by atoms with E-state index in [0.717, 1.165) is 24.3 Å². The Morgan fingerprint density at radius 3 is 1.96 bits per heavy atom. The maximum atomic E-state index is 10.7. The van der Waals surface area contributed by atoms with Crippen molar-refractivity contribution in [1.82, 2.24) is 9.88 Å². The Balaban J connectivity index is 1.75. The first kappa shape index (κ1) is 17.3. The number of aromatic nitrogens is 1. The molecule has 0 bridgehead atoms. The zero-order valence-corrected chi connectivity index (χ0v) is 14.5. The predicted molar refractivity (Wildman–Crippen MR) is 101 cm³/mol.